The number of rotatable bonds is 55. The molecular formula is C102H142N12O18. The molecule has 1 aliphatic heterocycles. The van der Waals surface area contributed by atoms with Crippen LogP contribution in [0.25, 0.3) is 22.5 Å². The van der Waals surface area contributed by atoms with Crippen LogP contribution in [0.4, 0.5) is 17.1 Å². The first-order valence-electron chi connectivity index (χ1n) is 47.8. The Bertz CT molecular complexity index is 4870. The maximum absolute atomic E-state index is 14.8. The summed E-state index contributed by atoms with van der Waals surface area (Å²) in [6.45, 7) is 19.1. The number of amides is 7. The molecule has 4 aliphatic carbocycles. The molecule has 0 radical (unpaired) electrons. The van der Waals surface area contributed by atoms with Crippen molar-refractivity contribution in [2.45, 2.75) is 238 Å². The molecule has 1 aromatic heterocycles. The third kappa shape index (κ3) is 27.8. The Labute approximate surface area is 777 Å². The van der Waals surface area contributed by atoms with Gasteiger partial charge in [0.25, 0.3) is 0 Å². The number of anilines is 3. The number of nitrogens with one attached hydrogen (secondary N) is 5. The molecule has 6 aromatic rings. The summed E-state index contributed by atoms with van der Waals surface area (Å²) in [5.41, 5.74) is 28.5. The quantitative estimate of drug-likeness (QED) is 0.00761. The van der Waals surface area contributed by atoms with Crippen molar-refractivity contribution >= 4 is 75.9 Å². The number of fused-ring (bicyclic) bond motifs is 11. The fourth-order valence-corrected chi connectivity index (χ4v) is 20.4. The highest BCUT2D eigenvalue weighted by atomic mass is 16.6. The zero-order chi connectivity index (χ0) is 94.2. The predicted octanol–water partition coefficient (Wildman–Crippen LogP) is 11.6. The number of para-hydroxylation sites is 1. The number of imide groups is 1. The zero-order valence-corrected chi connectivity index (χ0v) is 78.6. The Kier molecular flexibility index (Phi) is 39.1. The molecule has 30 heteroatoms. The van der Waals surface area contributed by atoms with Gasteiger partial charge < -0.3 is 81.3 Å². The number of hydrogen-bond acceptors (Lipinski definition) is 23. The summed E-state index contributed by atoms with van der Waals surface area (Å²) in [5.74, 6) is -3.72. The number of aryl methyl sites for hydroxylation is 2. The number of unbranched alkanes of at least 4 members (excludes halogenated alkanes) is 3. The minimum absolute atomic E-state index is 0.00740. The minimum atomic E-state index is -0.892. The lowest BCUT2D eigenvalue weighted by Gasteiger charge is -2.56. The van der Waals surface area contributed by atoms with Crippen molar-refractivity contribution in [2.75, 3.05) is 129 Å². The van der Waals surface area contributed by atoms with Crippen LogP contribution in [0.1, 0.15) is 215 Å². The number of nitrogens with two attached hydrogens (primary N) is 3. The van der Waals surface area contributed by atoms with Gasteiger partial charge >= 0.3 is 5.97 Å². The largest absolute Gasteiger partial charge is 0.461 e. The smallest absolute Gasteiger partial charge is 0.306 e. The van der Waals surface area contributed by atoms with Crippen LogP contribution in [-0.4, -0.2) is 199 Å². The fraction of sp³-hybridized carbons (Fsp3) is 0.588. The monoisotopic (exact) mass is 1820 g/mol. The van der Waals surface area contributed by atoms with Crippen molar-refractivity contribution in [1.82, 2.24) is 36.3 Å². The van der Waals surface area contributed by atoms with Crippen molar-refractivity contribution in [3.05, 3.63) is 148 Å². The van der Waals surface area contributed by atoms with E-state index in [0.29, 0.717) is 134 Å². The Hall–Kier alpha value is -10.0. The topological polar surface area (TPSA) is 417 Å². The second kappa shape index (κ2) is 50.3. The van der Waals surface area contributed by atoms with Crippen molar-refractivity contribution in [2.24, 2.45) is 46.0 Å². The lowest BCUT2D eigenvalue weighted by Crippen LogP contribution is -2.60. The second-order valence-electron chi connectivity index (χ2n) is 37.5. The number of hydrogen-bond donors (Lipinski definition) is 8. The van der Waals surface area contributed by atoms with Crippen LogP contribution < -0.4 is 48.7 Å². The zero-order valence-electron chi connectivity index (χ0n) is 78.6. The van der Waals surface area contributed by atoms with E-state index in [2.05, 4.69) is 88.9 Å². The number of Topliss-reactive ketones (excluding diaryl/α,β-unsaturated/α-hetero) is 2. The van der Waals surface area contributed by atoms with E-state index >= 15 is 0 Å². The average molecular weight is 1820 g/mol. The molecule has 2 fully saturated rings. The van der Waals surface area contributed by atoms with Gasteiger partial charge in [0.1, 0.15) is 18.1 Å². The number of nitrogen functional groups attached to an aromatic ring is 1. The van der Waals surface area contributed by atoms with E-state index in [1.807, 2.05) is 86.2 Å². The first-order chi connectivity index (χ1) is 63.6. The van der Waals surface area contributed by atoms with E-state index in [1.165, 1.54) is 16.7 Å². The van der Waals surface area contributed by atoms with Crippen molar-refractivity contribution < 1.29 is 85.8 Å². The summed E-state index contributed by atoms with van der Waals surface area (Å²) in [5, 5.41) is 24.1. The van der Waals surface area contributed by atoms with Gasteiger partial charge in [-0.1, -0.05) is 158 Å². The third-order valence-corrected chi connectivity index (χ3v) is 27.8. The third-order valence-electron chi connectivity index (χ3n) is 27.8. The summed E-state index contributed by atoms with van der Waals surface area (Å²) in [4.78, 5) is 138. The summed E-state index contributed by atoms with van der Waals surface area (Å²) in [6, 6.07) is 33.2. The molecule has 30 nitrogen and oxygen atoms in total. The predicted molar refractivity (Wildman–Crippen MR) is 503 cm³/mol. The second-order valence-corrected chi connectivity index (χ2v) is 37.5. The highest BCUT2D eigenvalue weighted by molar-refractivity contribution is 6.03. The van der Waals surface area contributed by atoms with Crippen LogP contribution in [0.3, 0.4) is 0 Å². The van der Waals surface area contributed by atoms with Crippen LogP contribution in [-0.2, 0) is 136 Å². The molecule has 0 bridgehead atoms. The summed E-state index contributed by atoms with van der Waals surface area (Å²) < 4.78 is 47.1. The number of benzene rings is 5. The van der Waals surface area contributed by atoms with E-state index in [-0.39, 0.29) is 180 Å². The number of ketones is 2. The molecule has 718 valence electrons. The van der Waals surface area contributed by atoms with E-state index in [0.717, 1.165) is 104 Å². The standard InChI is InChI=1S/C102H142N12O18/c1-69(2)80(66-77(115)41-49-125-53-57-129-61-62-131-59-55-127-51-47-107-90(118)39-40-91(119)113-67-74-19-11-12-20-78(74)94-93(79-21-13-15-24-85(79)113)111-112-114(94)48-52-128-56-60-130-58-54-126-50-46-106-7)95(121)109-84(23-14-16-25-89(105)117)86(116)63-70-27-29-71(30-28-70)68-132-92(120)26-10-8-9-22-83(104)96(122)108-76-36-32-73-34-38-88-100(4,82(73)65-76)43-18-45-102(88,6)98(124)110-97(123)101(5)44-17-42-99(3)81-64-75(103)35-31-72(81)33-37-87(99)101/h11-13,15,19-21,24,27-32,35-36,64-65,69,80,83-84,87-88,106H,8-10,14,16-18,22-23,25-26,33-34,37-63,66-68,103-104H2,1-7H3,(H2,105,117)(H,107,118)(H,108,122)(H,109,121)(H,110,123,124)/t80-,83-,84-,87+,88+,99+,100+,101-,102-/m0/s1. The molecule has 5 aliphatic rings. The average Bonchev–Trinajstić information content (AvgIpc) is 0.876. The molecule has 2 heterocycles. The number of carbonyl (C=O) groups excluding carboxylic acids is 10. The number of ether oxygens (including phenoxy) is 8. The number of aromatic nitrogens is 3. The van der Waals surface area contributed by atoms with Gasteiger partial charge in [-0.15, -0.1) is 5.10 Å². The van der Waals surface area contributed by atoms with Crippen molar-refractivity contribution in [3.8, 4) is 22.5 Å². The molecule has 0 spiro atoms. The summed E-state index contributed by atoms with van der Waals surface area (Å²) >= 11 is 0. The van der Waals surface area contributed by atoms with Gasteiger partial charge in [-0.2, -0.15) is 0 Å². The molecule has 0 unspecified atom stereocenters. The summed E-state index contributed by atoms with van der Waals surface area (Å²) in [7, 11) is 1.88. The molecule has 132 heavy (non-hydrogen) atoms. The molecule has 5 aromatic carbocycles. The molecule has 9 atom stereocenters. The first kappa shape index (κ1) is 102. The Balaban J connectivity index is 0.519. The SMILES string of the molecule is CNCCOCCOCCOCCn1nnc2c1-c1ccccc1CN(C(=O)CCC(=O)NCCOCCOCCOCCOCCC(=O)C[C@H](C(=O)N[C@@H](CCCCC(N)=O)C(=O)Cc1ccc(COC(=O)CCCCC[C@H](N)C(=O)Nc3ccc4c(c3)[C@@]3(C)CCC[C@](C)(C(=O)NC(=O)[C@@]5(C)CCC[C@]6(C)c7cc(N)ccc7CC[C@@H]56)[C@@H]3CC4)cc1)C(C)C)c1ccccc1-2. The molecule has 7 amide bonds. The van der Waals surface area contributed by atoms with Gasteiger partial charge in [0.15, 0.2) is 5.78 Å². The molecule has 11 rings (SSSR count). The Morgan fingerprint density at radius 3 is 1.77 bits per heavy atom. The Morgan fingerprint density at radius 1 is 0.561 bits per heavy atom. The highest BCUT2D eigenvalue weighted by Crippen LogP contribution is 2.60. The van der Waals surface area contributed by atoms with Crippen LogP contribution >= 0.6 is 0 Å². The van der Waals surface area contributed by atoms with Crippen LogP contribution in [0, 0.1) is 34.5 Å². The van der Waals surface area contributed by atoms with E-state index in [1.54, 1.807) is 29.2 Å². The maximum Gasteiger partial charge on any atom is 0.306 e. The van der Waals surface area contributed by atoms with Gasteiger partial charge in [0.2, 0.25) is 41.4 Å². The van der Waals surface area contributed by atoms with E-state index < -0.39 is 40.6 Å². The fourth-order valence-electron chi connectivity index (χ4n) is 20.4. The van der Waals surface area contributed by atoms with Crippen LogP contribution in [0.5, 0.6) is 0 Å². The lowest BCUT2D eigenvalue weighted by atomic mass is 9.49. The van der Waals surface area contributed by atoms with Crippen molar-refractivity contribution in [3.63, 3.8) is 0 Å². The highest BCUT2D eigenvalue weighted by Gasteiger charge is 2.59. The number of esters is 1. The van der Waals surface area contributed by atoms with Gasteiger partial charge in [-0.05, 0) is 182 Å². The Morgan fingerprint density at radius 2 is 1.13 bits per heavy atom. The van der Waals surface area contributed by atoms with Crippen LogP contribution in [0.15, 0.2) is 109 Å². The van der Waals surface area contributed by atoms with Gasteiger partial charge in [0.05, 0.1) is 140 Å². The van der Waals surface area contributed by atoms with E-state index in [4.69, 9.17) is 55.1 Å². The molecule has 2 saturated carbocycles. The minimum Gasteiger partial charge on any atom is -0.461 e. The van der Waals surface area contributed by atoms with Crippen molar-refractivity contribution in [1.29, 1.82) is 0 Å². The summed E-state index contributed by atoms with van der Waals surface area (Å²) in [6.07, 6.45) is 12.0. The molecular weight excluding hydrogens is 1680 g/mol. The van der Waals surface area contributed by atoms with Gasteiger partial charge in [-0.3, -0.25) is 53.3 Å². The van der Waals surface area contributed by atoms with Gasteiger partial charge in [-0.25, -0.2) is 4.68 Å². The maximum atomic E-state index is 14.8. The number of nitrogens with zero attached hydrogens (tertiary/aromatic N) is 4. The number of carbonyl (C=O) groups is 10. The normalized spacial score (nSPS) is 20.1. The van der Waals surface area contributed by atoms with Crippen LogP contribution in [0.2, 0.25) is 0 Å². The number of likely N-dealkylation sites (N-methyl/N-ethyl adjacent to an activating group) is 1. The number of primary amides is 1. The first-order valence-corrected chi connectivity index (χ1v) is 47.8. The molecule has 0 saturated heterocycles. The lowest BCUT2D eigenvalue weighted by molar-refractivity contribution is -0.150. The van der Waals surface area contributed by atoms with Gasteiger partial charge in [0, 0.05) is 86.5 Å². The molecule has 11 N–H and O–H groups in total. The van der Waals surface area contributed by atoms with E-state index in [9.17, 15) is 47.9 Å².